The first-order valence-electron chi connectivity index (χ1n) is 6.63. The molecule has 3 nitrogen and oxygen atoms in total. The Hall–Kier alpha value is -3.07. The Kier molecular flexibility index (Phi) is 7.55. The van der Waals surface area contributed by atoms with Gasteiger partial charge in [-0.2, -0.15) is 0 Å². The minimum atomic E-state index is 0.322. The first-order valence-corrected chi connectivity index (χ1v) is 6.63. The third-order valence-electron chi connectivity index (χ3n) is 2.75. The summed E-state index contributed by atoms with van der Waals surface area (Å²) < 4.78 is 0. The Morgan fingerprint density at radius 1 is 0.591 bits per heavy atom. The maximum atomic E-state index is 9.56. The van der Waals surface area contributed by atoms with Crippen LogP contribution in [0.3, 0.4) is 0 Å². The number of rotatable bonds is 1. The summed E-state index contributed by atoms with van der Waals surface area (Å²) in [7, 11) is 0. The summed E-state index contributed by atoms with van der Waals surface area (Å²) >= 11 is 0. The van der Waals surface area contributed by atoms with Crippen LogP contribution in [-0.2, 0) is 4.79 Å². The number of carbonyl (C=O) groups is 1. The molecular weight excluding hydrogens is 276 g/mol. The van der Waals surface area contributed by atoms with Gasteiger partial charge in [-0.3, -0.25) is 0 Å². The molecule has 0 aromatic heterocycles. The smallest absolute Gasteiger partial charge is 0.123 e. The van der Waals surface area contributed by atoms with Gasteiger partial charge < -0.3 is 15.0 Å². The Morgan fingerprint density at radius 2 is 1.05 bits per heavy atom. The first kappa shape index (κ1) is 17.0. The molecule has 0 amide bonds. The number of aromatic hydroxyl groups is 2. The standard InChI is InChI=1S/C12H10O.C6H6O.CH2O/c13-12-9-5-4-8-11(12)10-6-2-1-3-7-10;7-6-4-2-1-3-5-6;1-2/h1-9,13H;1-5,7H;1H2. The van der Waals surface area contributed by atoms with E-state index >= 15 is 0 Å². The molecule has 22 heavy (non-hydrogen) atoms. The molecule has 0 aliphatic carbocycles. The molecule has 0 saturated heterocycles. The van der Waals surface area contributed by atoms with Crippen LogP contribution >= 0.6 is 0 Å². The minimum Gasteiger partial charge on any atom is -0.508 e. The van der Waals surface area contributed by atoms with Gasteiger partial charge in [0.15, 0.2) is 0 Å². The number of phenols is 2. The first-order chi connectivity index (χ1) is 10.8. The van der Waals surface area contributed by atoms with Crippen molar-refractivity contribution >= 4 is 6.79 Å². The molecule has 0 heterocycles. The Bertz CT molecular complexity index is 652. The second-order valence-corrected chi connectivity index (χ2v) is 4.22. The normalized spacial score (nSPS) is 8.73. The lowest BCUT2D eigenvalue weighted by atomic mass is 10.1. The lowest BCUT2D eigenvalue weighted by Gasteiger charge is -2.02. The van der Waals surface area contributed by atoms with E-state index in [9.17, 15) is 5.11 Å². The fourth-order valence-electron chi connectivity index (χ4n) is 1.76. The average Bonchev–Trinajstić information content (AvgIpc) is 2.59. The van der Waals surface area contributed by atoms with Crippen LogP contribution < -0.4 is 0 Å². The Morgan fingerprint density at radius 3 is 1.50 bits per heavy atom. The van der Waals surface area contributed by atoms with Gasteiger partial charge in [-0.05, 0) is 23.8 Å². The molecule has 0 unspecified atom stereocenters. The highest BCUT2D eigenvalue weighted by Crippen LogP contribution is 2.27. The SMILES string of the molecule is C=O.Oc1ccccc1.Oc1ccccc1-c1ccccc1. The summed E-state index contributed by atoms with van der Waals surface area (Å²) in [5.74, 6) is 0.649. The van der Waals surface area contributed by atoms with Crippen LogP contribution in [0.1, 0.15) is 0 Å². The van der Waals surface area contributed by atoms with Crippen molar-refractivity contribution in [2.45, 2.75) is 0 Å². The third-order valence-corrected chi connectivity index (χ3v) is 2.75. The van der Waals surface area contributed by atoms with Crippen LogP contribution in [-0.4, -0.2) is 17.0 Å². The van der Waals surface area contributed by atoms with E-state index in [4.69, 9.17) is 9.90 Å². The van der Waals surface area contributed by atoms with E-state index in [0.29, 0.717) is 11.5 Å². The van der Waals surface area contributed by atoms with Gasteiger partial charge in [0, 0.05) is 5.56 Å². The van der Waals surface area contributed by atoms with Gasteiger partial charge in [0.05, 0.1) is 0 Å². The van der Waals surface area contributed by atoms with Crippen LogP contribution in [0.5, 0.6) is 11.5 Å². The van der Waals surface area contributed by atoms with E-state index in [2.05, 4.69) is 0 Å². The molecule has 2 N–H and O–H groups in total. The molecule has 3 rings (SSSR count). The van der Waals surface area contributed by atoms with E-state index < -0.39 is 0 Å². The van der Waals surface area contributed by atoms with E-state index in [1.807, 2.05) is 61.4 Å². The summed E-state index contributed by atoms with van der Waals surface area (Å²) in [4.78, 5) is 8.00. The molecular formula is C19H18O3. The summed E-state index contributed by atoms with van der Waals surface area (Å²) in [6.07, 6.45) is 0. The van der Waals surface area contributed by atoms with E-state index in [1.54, 1.807) is 30.3 Å². The fourth-order valence-corrected chi connectivity index (χ4v) is 1.76. The summed E-state index contributed by atoms with van der Waals surface area (Å²) in [6, 6.07) is 25.9. The topological polar surface area (TPSA) is 57.5 Å². The maximum Gasteiger partial charge on any atom is 0.123 e. The molecule has 0 saturated carbocycles. The lowest BCUT2D eigenvalue weighted by molar-refractivity contribution is -0.0979. The van der Waals surface area contributed by atoms with Crippen molar-refractivity contribution in [3.8, 4) is 22.6 Å². The average molecular weight is 294 g/mol. The highest BCUT2D eigenvalue weighted by atomic mass is 16.3. The van der Waals surface area contributed by atoms with Crippen LogP contribution in [0.25, 0.3) is 11.1 Å². The fraction of sp³-hybridized carbons (Fsp3) is 0. The van der Waals surface area contributed by atoms with Gasteiger partial charge >= 0.3 is 0 Å². The van der Waals surface area contributed by atoms with Crippen molar-refractivity contribution in [1.29, 1.82) is 0 Å². The van der Waals surface area contributed by atoms with E-state index in [0.717, 1.165) is 11.1 Å². The molecule has 0 aliphatic heterocycles. The molecule has 0 fully saturated rings. The predicted octanol–water partition coefficient (Wildman–Crippen LogP) is 4.27. The van der Waals surface area contributed by atoms with Gasteiger partial charge in [-0.1, -0.05) is 66.7 Å². The quantitative estimate of drug-likeness (QED) is 0.704. The zero-order valence-electron chi connectivity index (χ0n) is 12.1. The second kappa shape index (κ2) is 9.77. The Balaban J connectivity index is 0.000000228. The van der Waals surface area contributed by atoms with Crippen molar-refractivity contribution in [3.05, 3.63) is 84.9 Å². The van der Waals surface area contributed by atoms with Crippen LogP contribution in [0.15, 0.2) is 84.9 Å². The molecule has 0 bridgehead atoms. The molecule has 0 radical (unpaired) electrons. The van der Waals surface area contributed by atoms with Gasteiger partial charge in [-0.25, -0.2) is 0 Å². The molecule has 112 valence electrons. The van der Waals surface area contributed by atoms with Crippen molar-refractivity contribution in [2.75, 3.05) is 0 Å². The van der Waals surface area contributed by atoms with Crippen molar-refractivity contribution in [3.63, 3.8) is 0 Å². The van der Waals surface area contributed by atoms with E-state index in [-0.39, 0.29) is 0 Å². The minimum absolute atomic E-state index is 0.322. The third kappa shape index (κ3) is 5.51. The second-order valence-electron chi connectivity index (χ2n) is 4.22. The highest BCUT2D eigenvalue weighted by Gasteiger charge is 2.00. The number of para-hydroxylation sites is 2. The zero-order chi connectivity index (χ0) is 16.2. The largest absolute Gasteiger partial charge is 0.508 e. The highest BCUT2D eigenvalue weighted by molar-refractivity contribution is 5.69. The molecule has 0 aliphatic rings. The van der Waals surface area contributed by atoms with Crippen molar-refractivity contribution in [2.24, 2.45) is 0 Å². The van der Waals surface area contributed by atoms with Crippen molar-refractivity contribution < 1.29 is 15.0 Å². The summed E-state index contributed by atoms with van der Waals surface area (Å²) in [5.41, 5.74) is 1.92. The molecule has 0 spiro atoms. The molecule has 3 aromatic rings. The predicted molar refractivity (Wildman–Crippen MR) is 88.8 cm³/mol. The lowest BCUT2D eigenvalue weighted by Crippen LogP contribution is -1.76. The number of phenolic OH excluding ortho intramolecular Hbond substituents is 2. The maximum absolute atomic E-state index is 9.56. The molecule has 3 aromatic carbocycles. The number of hydrogen-bond donors (Lipinski definition) is 2. The van der Waals surface area contributed by atoms with E-state index in [1.165, 1.54) is 0 Å². The molecule has 3 heteroatoms. The summed E-state index contributed by atoms with van der Waals surface area (Å²) in [6.45, 7) is 2.00. The summed E-state index contributed by atoms with van der Waals surface area (Å²) in [5, 5.41) is 18.2. The van der Waals surface area contributed by atoms with Crippen LogP contribution in [0.2, 0.25) is 0 Å². The van der Waals surface area contributed by atoms with Gasteiger partial charge in [0.25, 0.3) is 0 Å². The zero-order valence-corrected chi connectivity index (χ0v) is 12.1. The van der Waals surface area contributed by atoms with Crippen LogP contribution in [0, 0.1) is 0 Å². The monoisotopic (exact) mass is 294 g/mol. The van der Waals surface area contributed by atoms with Crippen molar-refractivity contribution in [1.82, 2.24) is 0 Å². The number of benzene rings is 3. The van der Waals surface area contributed by atoms with Gasteiger partial charge in [0.1, 0.15) is 18.3 Å². The number of carbonyl (C=O) groups excluding carboxylic acids is 1. The Labute approximate surface area is 130 Å². The van der Waals surface area contributed by atoms with Gasteiger partial charge in [-0.15, -0.1) is 0 Å². The molecule has 0 atom stereocenters. The van der Waals surface area contributed by atoms with Gasteiger partial charge in [0.2, 0.25) is 0 Å². The van der Waals surface area contributed by atoms with Crippen LogP contribution in [0.4, 0.5) is 0 Å². The number of hydrogen-bond acceptors (Lipinski definition) is 3.